The summed E-state index contributed by atoms with van der Waals surface area (Å²) in [5, 5.41) is 5.90. The lowest BCUT2D eigenvalue weighted by Gasteiger charge is -2.14. The van der Waals surface area contributed by atoms with Gasteiger partial charge in [0, 0.05) is 41.7 Å². The van der Waals surface area contributed by atoms with Crippen LogP contribution in [0.4, 0.5) is 20.3 Å². The molecule has 0 bridgehead atoms. The fraction of sp³-hybridized carbons (Fsp3) is 0.0769. The van der Waals surface area contributed by atoms with E-state index in [1.54, 1.807) is 43.5 Å². The lowest BCUT2D eigenvalue weighted by atomic mass is 10.1. The molecule has 0 fully saturated rings. The number of carbonyl (C=O) groups is 1. The van der Waals surface area contributed by atoms with E-state index in [-0.39, 0.29) is 12.5 Å². The summed E-state index contributed by atoms with van der Waals surface area (Å²) in [5.74, 6) is -0.0689. The Balaban J connectivity index is 1.47. The van der Waals surface area contributed by atoms with Crippen LogP contribution in [-0.2, 0) is 6.54 Å². The number of hydrogen-bond acceptors (Lipinski definition) is 4. The molecule has 0 atom stereocenters. The van der Waals surface area contributed by atoms with Crippen molar-refractivity contribution >= 4 is 17.4 Å². The molecular weight excluding hydrogens is 424 g/mol. The largest absolute Gasteiger partial charge is 0.457 e. The number of halogens is 2. The summed E-state index contributed by atoms with van der Waals surface area (Å²) >= 11 is 0. The number of carbonyl (C=O) groups excluding carboxylic acids is 1. The lowest BCUT2D eigenvalue weighted by Crippen LogP contribution is -2.23. The van der Waals surface area contributed by atoms with Crippen molar-refractivity contribution in [3.63, 3.8) is 0 Å². The zero-order valence-corrected chi connectivity index (χ0v) is 17.8. The standard InChI is InChI=1S/C26H21F2N3O2/c1-17-23(26(32)30-16-18-12-19(27)14-20(28)13-18)8-5-9-24(17)33-22-10-11-29-25(15-22)31-21-6-3-2-4-7-21/h2-15H,16H2,1H3,(H,29,31)(H,30,32). The van der Waals surface area contributed by atoms with E-state index in [4.69, 9.17) is 4.74 Å². The summed E-state index contributed by atoms with van der Waals surface area (Å²) in [6.45, 7) is 1.77. The minimum atomic E-state index is -0.690. The zero-order chi connectivity index (χ0) is 23.2. The number of hydrogen-bond donors (Lipinski definition) is 2. The van der Waals surface area contributed by atoms with Gasteiger partial charge >= 0.3 is 0 Å². The molecule has 3 aromatic carbocycles. The summed E-state index contributed by atoms with van der Waals surface area (Å²) in [7, 11) is 0. The van der Waals surface area contributed by atoms with Crippen molar-refractivity contribution in [3.8, 4) is 11.5 Å². The topological polar surface area (TPSA) is 63.2 Å². The first-order valence-electron chi connectivity index (χ1n) is 10.3. The van der Waals surface area contributed by atoms with Crippen LogP contribution >= 0.6 is 0 Å². The molecule has 0 saturated heterocycles. The zero-order valence-electron chi connectivity index (χ0n) is 17.8. The van der Waals surface area contributed by atoms with Crippen LogP contribution in [-0.4, -0.2) is 10.9 Å². The molecule has 0 radical (unpaired) electrons. The molecule has 7 heteroatoms. The third-order valence-corrected chi connectivity index (χ3v) is 4.91. The first-order chi connectivity index (χ1) is 16.0. The van der Waals surface area contributed by atoms with Crippen LogP contribution in [0.3, 0.4) is 0 Å². The van der Waals surface area contributed by atoms with Gasteiger partial charge in [0.1, 0.15) is 29.0 Å². The van der Waals surface area contributed by atoms with E-state index in [1.807, 2.05) is 30.3 Å². The summed E-state index contributed by atoms with van der Waals surface area (Å²) in [6, 6.07) is 21.4. The van der Waals surface area contributed by atoms with Crippen molar-refractivity contribution in [2.75, 3.05) is 5.32 Å². The summed E-state index contributed by atoms with van der Waals surface area (Å²) in [6.07, 6.45) is 1.63. The fourth-order valence-electron chi connectivity index (χ4n) is 3.30. The van der Waals surface area contributed by atoms with E-state index in [9.17, 15) is 13.6 Å². The van der Waals surface area contributed by atoms with E-state index in [2.05, 4.69) is 15.6 Å². The number of aromatic nitrogens is 1. The van der Waals surface area contributed by atoms with Crippen LogP contribution in [0.15, 0.2) is 85.1 Å². The number of anilines is 2. The Kier molecular flexibility index (Phi) is 6.59. The molecule has 5 nitrogen and oxygen atoms in total. The minimum absolute atomic E-state index is 0.00307. The van der Waals surface area contributed by atoms with Gasteiger partial charge in [0.15, 0.2) is 0 Å². The Morgan fingerprint density at radius 1 is 0.939 bits per heavy atom. The highest BCUT2D eigenvalue weighted by molar-refractivity contribution is 5.96. The van der Waals surface area contributed by atoms with Gasteiger partial charge in [-0.1, -0.05) is 24.3 Å². The average molecular weight is 445 g/mol. The molecule has 0 unspecified atom stereocenters. The number of nitrogens with zero attached hydrogens (tertiary/aromatic N) is 1. The highest BCUT2D eigenvalue weighted by atomic mass is 19.1. The van der Waals surface area contributed by atoms with Crippen molar-refractivity contribution < 1.29 is 18.3 Å². The molecule has 1 heterocycles. The Labute approximate surface area is 190 Å². The molecule has 1 amide bonds. The van der Waals surface area contributed by atoms with Crippen molar-refractivity contribution in [1.82, 2.24) is 10.3 Å². The third-order valence-electron chi connectivity index (χ3n) is 4.91. The number of benzene rings is 3. The molecule has 0 aliphatic heterocycles. The fourth-order valence-corrected chi connectivity index (χ4v) is 3.30. The molecule has 0 aliphatic rings. The summed E-state index contributed by atoms with van der Waals surface area (Å²) in [5.41, 5.74) is 2.27. The van der Waals surface area contributed by atoms with Gasteiger partial charge in [0.05, 0.1) is 0 Å². The van der Waals surface area contributed by atoms with E-state index in [0.29, 0.717) is 34.0 Å². The predicted octanol–water partition coefficient (Wildman–Crippen LogP) is 6.13. The molecule has 166 valence electrons. The van der Waals surface area contributed by atoms with Gasteiger partial charge in [-0.25, -0.2) is 13.8 Å². The lowest BCUT2D eigenvalue weighted by molar-refractivity contribution is 0.0950. The van der Waals surface area contributed by atoms with Crippen LogP contribution in [0.5, 0.6) is 11.5 Å². The van der Waals surface area contributed by atoms with Gasteiger partial charge < -0.3 is 15.4 Å². The molecule has 2 N–H and O–H groups in total. The second-order valence-corrected chi connectivity index (χ2v) is 7.36. The molecule has 4 rings (SSSR count). The van der Waals surface area contributed by atoms with Crippen LogP contribution in [0.1, 0.15) is 21.5 Å². The Hall–Kier alpha value is -4.26. The van der Waals surface area contributed by atoms with Gasteiger partial charge in [0.2, 0.25) is 0 Å². The molecule has 4 aromatic rings. The highest BCUT2D eigenvalue weighted by Gasteiger charge is 2.14. The maximum atomic E-state index is 13.4. The molecule has 0 saturated carbocycles. The predicted molar refractivity (Wildman–Crippen MR) is 123 cm³/mol. The Morgan fingerprint density at radius 2 is 1.70 bits per heavy atom. The molecule has 33 heavy (non-hydrogen) atoms. The molecular formula is C26H21F2N3O2. The van der Waals surface area contributed by atoms with Crippen molar-refractivity contribution in [2.45, 2.75) is 13.5 Å². The summed E-state index contributed by atoms with van der Waals surface area (Å²) in [4.78, 5) is 17.0. The minimum Gasteiger partial charge on any atom is -0.457 e. The van der Waals surface area contributed by atoms with Crippen molar-refractivity contribution in [3.05, 3.63) is 113 Å². The van der Waals surface area contributed by atoms with Gasteiger partial charge in [-0.05, 0) is 55.0 Å². The van der Waals surface area contributed by atoms with Gasteiger partial charge in [-0.15, -0.1) is 0 Å². The van der Waals surface area contributed by atoms with E-state index in [1.165, 1.54) is 12.1 Å². The van der Waals surface area contributed by atoms with Crippen LogP contribution < -0.4 is 15.4 Å². The normalized spacial score (nSPS) is 10.5. The number of amides is 1. The number of pyridine rings is 1. The quantitative estimate of drug-likeness (QED) is 0.359. The van der Waals surface area contributed by atoms with Crippen molar-refractivity contribution in [2.24, 2.45) is 0 Å². The number of para-hydroxylation sites is 1. The van der Waals surface area contributed by atoms with Gasteiger partial charge in [-0.3, -0.25) is 4.79 Å². The van der Waals surface area contributed by atoms with Crippen LogP contribution in [0.2, 0.25) is 0 Å². The number of nitrogens with one attached hydrogen (secondary N) is 2. The van der Waals surface area contributed by atoms with E-state index >= 15 is 0 Å². The third kappa shape index (κ3) is 5.71. The first-order valence-corrected chi connectivity index (χ1v) is 10.3. The van der Waals surface area contributed by atoms with Gasteiger partial charge in [-0.2, -0.15) is 0 Å². The van der Waals surface area contributed by atoms with E-state index in [0.717, 1.165) is 11.8 Å². The van der Waals surface area contributed by atoms with Crippen LogP contribution in [0, 0.1) is 18.6 Å². The monoisotopic (exact) mass is 445 g/mol. The van der Waals surface area contributed by atoms with Crippen LogP contribution in [0.25, 0.3) is 0 Å². The maximum Gasteiger partial charge on any atom is 0.251 e. The molecule has 0 aliphatic carbocycles. The van der Waals surface area contributed by atoms with Crippen molar-refractivity contribution in [1.29, 1.82) is 0 Å². The Bertz CT molecular complexity index is 1260. The van der Waals surface area contributed by atoms with E-state index < -0.39 is 11.6 Å². The van der Waals surface area contributed by atoms with Gasteiger partial charge in [0.25, 0.3) is 5.91 Å². The first kappa shape index (κ1) is 22.0. The number of ether oxygens (including phenoxy) is 1. The molecule has 0 spiro atoms. The second-order valence-electron chi connectivity index (χ2n) is 7.36. The Morgan fingerprint density at radius 3 is 2.45 bits per heavy atom. The SMILES string of the molecule is Cc1c(Oc2ccnc(Nc3ccccc3)c2)cccc1C(=O)NCc1cc(F)cc(F)c1. The maximum absolute atomic E-state index is 13.4. The summed E-state index contributed by atoms with van der Waals surface area (Å²) < 4.78 is 32.8. The highest BCUT2D eigenvalue weighted by Crippen LogP contribution is 2.29. The molecule has 1 aromatic heterocycles. The second kappa shape index (κ2) is 9.91. The number of rotatable bonds is 7. The smallest absolute Gasteiger partial charge is 0.251 e. The average Bonchev–Trinajstić information content (AvgIpc) is 2.79.